The maximum atomic E-state index is 14.9. The molecule has 19 heavy (non-hydrogen) atoms. The van der Waals surface area contributed by atoms with Crippen molar-refractivity contribution in [3.05, 3.63) is 29.3 Å². The molecule has 1 aromatic rings. The molecule has 0 bridgehead atoms. The third-order valence-corrected chi connectivity index (χ3v) is 4.70. The van der Waals surface area contributed by atoms with Gasteiger partial charge in [0, 0.05) is 16.7 Å². The first-order valence-electron chi connectivity index (χ1n) is 6.46. The van der Waals surface area contributed by atoms with E-state index in [4.69, 9.17) is 0 Å². The number of alkyl halides is 3. The standard InChI is InChI=1S/C14H18F3NS/c1-3-18-9(2)14(17,13(15)16)11-5-4-10-6-7-19-12(10)8-11/h4-5,8-9,13,18H,3,6-7H2,1-2H3. The number of benzene rings is 1. The molecule has 1 aliphatic heterocycles. The number of hydrogen-bond acceptors (Lipinski definition) is 2. The van der Waals surface area contributed by atoms with E-state index in [-0.39, 0.29) is 5.56 Å². The molecule has 2 rings (SSSR count). The Morgan fingerprint density at radius 3 is 2.79 bits per heavy atom. The van der Waals surface area contributed by atoms with E-state index in [1.807, 2.05) is 0 Å². The lowest BCUT2D eigenvalue weighted by Crippen LogP contribution is -2.48. The molecule has 0 amide bonds. The Kier molecular flexibility index (Phi) is 4.46. The molecule has 1 N–H and O–H groups in total. The van der Waals surface area contributed by atoms with Gasteiger partial charge in [-0.3, -0.25) is 0 Å². The first-order chi connectivity index (χ1) is 9.00. The molecule has 0 aliphatic carbocycles. The normalized spacial score (nSPS) is 19.3. The smallest absolute Gasteiger partial charge is 0.277 e. The van der Waals surface area contributed by atoms with Gasteiger partial charge in [0.15, 0.2) is 0 Å². The summed E-state index contributed by atoms with van der Waals surface area (Å²) in [4.78, 5) is 0.934. The highest BCUT2D eigenvalue weighted by Crippen LogP contribution is 2.40. The highest BCUT2D eigenvalue weighted by Gasteiger charge is 2.47. The van der Waals surface area contributed by atoms with Crippen molar-refractivity contribution < 1.29 is 13.2 Å². The number of aryl methyl sites for hydroxylation is 1. The van der Waals surface area contributed by atoms with Crippen molar-refractivity contribution in [1.82, 2.24) is 5.32 Å². The summed E-state index contributed by atoms with van der Waals surface area (Å²) in [6, 6.07) is 3.94. The number of halogens is 3. The van der Waals surface area contributed by atoms with Gasteiger partial charge in [-0.1, -0.05) is 19.1 Å². The van der Waals surface area contributed by atoms with Crippen molar-refractivity contribution in [2.75, 3.05) is 12.3 Å². The van der Waals surface area contributed by atoms with Crippen LogP contribution in [0.5, 0.6) is 0 Å². The fourth-order valence-corrected chi connectivity index (χ4v) is 3.53. The van der Waals surface area contributed by atoms with Crippen molar-refractivity contribution in [3.8, 4) is 0 Å². The van der Waals surface area contributed by atoms with Crippen molar-refractivity contribution >= 4 is 11.8 Å². The Balaban J connectivity index is 2.38. The first-order valence-corrected chi connectivity index (χ1v) is 7.45. The lowest BCUT2D eigenvalue weighted by Gasteiger charge is -2.32. The van der Waals surface area contributed by atoms with Gasteiger partial charge in [0.05, 0.1) is 0 Å². The first kappa shape index (κ1) is 14.7. The van der Waals surface area contributed by atoms with E-state index in [0.29, 0.717) is 6.54 Å². The second-order valence-corrected chi connectivity index (χ2v) is 5.91. The third-order valence-electron chi connectivity index (χ3n) is 3.60. The summed E-state index contributed by atoms with van der Waals surface area (Å²) >= 11 is 1.60. The molecular formula is C14H18F3NS. The van der Waals surface area contributed by atoms with Gasteiger partial charge < -0.3 is 5.32 Å². The Morgan fingerprint density at radius 1 is 1.42 bits per heavy atom. The van der Waals surface area contributed by atoms with Crippen LogP contribution in [0.25, 0.3) is 0 Å². The summed E-state index contributed by atoms with van der Waals surface area (Å²) in [6.45, 7) is 3.70. The minimum Gasteiger partial charge on any atom is -0.311 e. The summed E-state index contributed by atoms with van der Waals surface area (Å²) in [6.07, 6.45) is -2.12. The fraction of sp³-hybridized carbons (Fsp3) is 0.571. The number of fused-ring (bicyclic) bond motifs is 1. The zero-order valence-electron chi connectivity index (χ0n) is 11.1. The van der Waals surface area contributed by atoms with Crippen LogP contribution in [0.1, 0.15) is 25.0 Å². The van der Waals surface area contributed by atoms with E-state index < -0.39 is 18.1 Å². The molecule has 0 radical (unpaired) electrons. The van der Waals surface area contributed by atoms with Crippen LogP contribution in [0.4, 0.5) is 13.2 Å². The van der Waals surface area contributed by atoms with E-state index >= 15 is 0 Å². The van der Waals surface area contributed by atoms with Gasteiger partial charge in [-0.15, -0.1) is 11.8 Å². The number of thioether (sulfide) groups is 1. The van der Waals surface area contributed by atoms with Crippen molar-refractivity contribution in [3.63, 3.8) is 0 Å². The van der Waals surface area contributed by atoms with E-state index in [9.17, 15) is 13.2 Å². The molecule has 0 fully saturated rings. The number of nitrogens with one attached hydrogen (secondary N) is 1. The van der Waals surface area contributed by atoms with Crippen LogP contribution in [-0.2, 0) is 12.1 Å². The van der Waals surface area contributed by atoms with E-state index in [2.05, 4.69) is 5.32 Å². The number of rotatable bonds is 5. The van der Waals surface area contributed by atoms with Gasteiger partial charge in [-0.2, -0.15) is 0 Å². The summed E-state index contributed by atoms with van der Waals surface area (Å²) in [5, 5.41) is 2.77. The quantitative estimate of drug-likeness (QED) is 0.885. The highest BCUT2D eigenvalue weighted by molar-refractivity contribution is 7.99. The number of hydrogen-bond donors (Lipinski definition) is 1. The van der Waals surface area contributed by atoms with Crippen LogP contribution in [0.3, 0.4) is 0 Å². The van der Waals surface area contributed by atoms with Gasteiger partial charge in [0.1, 0.15) is 0 Å². The zero-order chi connectivity index (χ0) is 14.0. The van der Waals surface area contributed by atoms with Gasteiger partial charge >= 0.3 is 0 Å². The lowest BCUT2D eigenvalue weighted by atomic mass is 9.88. The van der Waals surface area contributed by atoms with Crippen LogP contribution in [0, 0.1) is 0 Å². The second-order valence-electron chi connectivity index (χ2n) is 4.77. The molecule has 0 aromatic heterocycles. The molecular weight excluding hydrogens is 271 g/mol. The second kappa shape index (κ2) is 5.75. The van der Waals surface area contributed by atoms with Gasteiger partial charge in [-0.05, 0) is 37.1 Å². The van der Waals surface area contributed by atoms with Crippen LogP contribution in [0.2, 0.25) is 0 Å². The average molecular weight is 289 g/mol. The molecule has 2 unspecified atom stereocenters. The Labute approximate surface area is 116 Å². The van der Waals surface area contributed by atoms with Gasteiger partial charge in [-0.25, -0.2) is 13.2 Å². The molecule has 1 aromatic carbocycles. The van der Waals surface area contributed by atoms with Crippen LogP contribution in [0.15, 0.2) is 23.1 Å². The van der Waals surface area contributed by atoms with Crippen LogP contribution in [-0.4, -0.2) is 24.8 Å². The molecule has 1 heterocycles. The zero-order valence-corrected chi connectivity index (χ0v) is 11.9. The Hall–Kier alpha value is -0.680. The van der Waals surface area contributed by atoms with E-state index in [0.717, 1.165) is 22.6 Å². The molecule has 106 valence electrons. The Morgan fingerprint density at radius 2 is 2.16 bits per heavy atom. The minimum absolute atomic E-state index is 0.0732. The van der Waals surface area contributed by atoms with Crippen molar-refractivity contribution in [1.29, 1.82) is 0 Å². The molecule has 0 spiro atoms. The summed E-state index contributed by atoms with van der Waals surface area (Å²) in [7, 11) is 0. The lowest BCUT2D eigenvalue weighted by molar-refractivity contribution is -0.0601. The molecule has 1 nitrogen and oxygen atoms in total. The highest BCUT2D eigenvalue weighted by atomic mass is 32.2. The van der Waals surface area contributed by atoms with Crippen molar-refractivity contribution in [2.45, 2.75) is 43.3 Å². The largest absolute Gasteiger partial charge is 0.311 e. The maximum absolute atomic E-state index is 14.9. The predicted octanol–water partition coefficient (Wildman–Crippen LogP) is 3.76. The van der Waals surface area contributed by atoms with E-state index in [1.165, 1.54) is 13.0 Å². The molecule has 0 saturated heterocycles. The molecule has 5 heteroatoms. The topological polar surface area (TPSA) is 12.0 Å². The number of likely N-dealkylation sites (N-methyl/N-ethyl adjacent to an activating group) is 1. The van der Waals surface area contributed by atoms with Crippen molar-refractivity contribution in [2.24, 2.45) is 0 Å². The monoisotopic (exact) mass is 289 g/mol. The molecule has 0 saturated carbocycles. The fourth-order valence-electron chi connectivity index (χ4n) is 2.42. The van der Waals surface area contributed by atoms with Gasteiger partial charge in [0.25, 0.3) is 6.43 Å². The predicted molar refractivity (Wildman–Crippen MR) is 72.8 cm³/mol. The minimum atomic E-state index is -3.05. The average Bonchev–Trinajstić information content (AvgIpc) is 2.84. The maximum Gasteiger partial charge on any atom is 0.277 e. The SMILES string of the molecule is CCNC(C)C(F)(c1ccc2c(c1)SCC2)C(F)F. The Bertz CT molecular complexity index is 452. The van der Waals surface area contributed by atoms with Crippen LogP contribution < -0.4 is 5.32 Å². The van der Waals surface area contributed by atoms with E-state index in [1.54, 1.807) is 30.8 Å². The summed E-state index contributed by atoms with van der Waals surface area (Å²) < 4.78 is 41.4. The molecule has 1 aliphatic rings. The molecule has 2 atom stereocenters. The van der Waals surface area contributed by atoms with Crippen LogP contribution >= 0.6 is 11.8 Å². The third kappa shape index (κ3) is 2.63. The summed E-state index contributed by atoms with van der Waals surface area (Å²) in [5.41, 5.74) is -1.45. The summed E-state index contributed by atoms with van der Waals surface area (Å²) in [5.74, 6) is 0.940. The van der Waals surface area contributed by atoms with Gasteiger partial charge in [0.2, 0.25) is 5.67 Å².